The maximum absolute atomic E-state index is 15.6. The van der Waals surface area contributed by atoms with Crippen molar-refractivity contribution >= 4 is 39.5 Å². The zero-order valence-electron chi connectivity index (χ0n) is 24.1. The number of piperidine rings is 1. The van der Waals surface area contributed by atoms with Crippen molar-refractivity contribution in [2.24, 2.45) is 7.05 Å². The summed E-state index contributed by atoms with van der Waals surface area (Å²) in [6, 6.07) is 12.8. The number of hydrogen-bond donors (Lipinski definition) is 1. The van der Waals surface area contributed by atoms with Gasteiger partial charge in [0.1, 0.15) is 23.3 Å². The van der Waals surface area contributed by atoms with Crippen molar-refractivity contribution in [1.82, 2.24) is 29.4 Å². The Morgan fingerprint density at radius 1 is 1.14 bits per heavy atom. The van der Waals surface area contributed by atoms with E-state index in [0.29, 0.717) is 40.5 Å². The van der Waals surface area contributed by atoms with Crippen molar-refractivity contribution in [3.63, 3.8) is 0 Å². The summed E-state index contributed by atoms with van der Waals surface area (Å²) in [7, 11) is 1.93. The number of carbonyl (C=O) groups excluding carboxylic acids is 1. The van der Waals surface area contributed by atoms with Crippen LogP contribution in [0.15, 0.2) is 67.8 Å². The van der Waals surface area contributed by atoms with Crippen LogP contribution in [-0.4, -0.2) is 47.4 Å². The van der Waals surface area contributed by atoms with Gasteiger partial charge in [-0.25, -0.2) is 24.3 Å². The number of aryl methyl sites for hydroxylation is 1. The first-order valence-corrected chi connectivity index (χ1v) is 13.9. The summed E-state index contributed by atoms with van der Waals surface area (Å²) in [5.41, 5.74) is 4.15. The van der Waals surface area contributed by atoms with Crippen molar-refractivity contribution in [3.8, 4) is 11.5 Å². The molecule has 0 bridgehead atoms. The lowest BCUT2D eigenvalue weighted by Crippen LogP contribution is -2.51. The van der Waals surface area contributed by atoms with E-state index in [1.54, 1.807) is 25.4 Å². The van der Waals surface area contributed by atoms with Crippen molar-refractivity contribution < 1.29 is 13.9 Å². The molecular weight excluding hydrogens is 533 g/mol. The molecule has 1 aliphatic heterocycles. The number of likely N-dealkylation sites (tertiary alicyclic amines) is 1. The maximum atomic E-state index is 15.6. The molecule has 0 spiro atoms. The molecule has 10 heteroatoms. The lowest BCUT2D eigenvalue weighted by molar-refractivity contribution is -0.133. The van der Waals surface area contributed by atoms with Gasteiger partial charge in [0.15, 0.2) is 11.6 Å². The SMILES string of the molecule is C=CC(=O)N1CCC(c2ccc3ncnc(Nc4ccc(Oc5ccc6c(c5)ncn6C)c(C)c4F)c3n2)CC1(C)C. The number of benzene rings is 2. The Labute approximate surface area is 243 Å². The minimum absolute atomic E-state index is 0.0622. The molecule has 0 radical (unpaired) electrons. The predicted octanol–water partition coefficient (Wildman–Crippen LogP) is 6.57. The van der Waals surface area contributed by atoms with Crippen LogP contribution in [0.4, 0.5) is 15.9 Å². The van der Waals surface area contributed by atoms with Crippen LogP contribution >= 0.6 is 0 Å². The first-order valence-electron chi connectivity index (χ1n) is 13.9. The molecular formula is C32H32FN7O2. The highest BCUT2D eigenvalue weighted by molar-refractivity contribution is 5.88. The molecule has 4 heterocycles. The van der Waals surface area contributed by atoms with Crippen LogP contribution in [0.25, 0.3) is 22.1 Å². The van der Waals surface area contributed by atoms with Gasteiger partial charge in [-0.15, -0.1) is 0 Å². The number of ether oxygens (including phenoxy) is 1. The van der Waals surface area contributed by atoms with E-state index >= 15 is 4.39 Å². The van der Waals surface area contributed by atoms with E-state index in [9.17, 15) is 4.79 Å². The van der Waals surface area contributed by atoms with E-state index in [1.807, 2.05) is 46.8 Å². The number of amides is 1. The van der Waals surface area contributed by atoms with Crippen molar-refractivity contribution in [3.05, 3.63) is 84.8 Å². The summed E-state index contributed by atoms with van der Waals surface area (Å²) >= 11 is 0. The predicted molar refractivity (Wildman–Crippen MR) is 161 cm³/mol. The standard InChI is InChI=1S/C32H32FN7O2/c1-6-28(41)40-14-13-20(16-32(40,3)4)22-8-9-24-30(37-22)31(35-17-34-24)38-23-10-12-27(19(2)29(23)33)42-21-7-11-26-25(15-21)36-18-39(26)5/h6-12,15,17-18,20H,1,13-14,16H2,2-5H3,(H,34,35,38). The minimum atomic E-state index is -0.449. The summed E-state index contributed by atoms with van der Waals surface area (Å²) in [4.78, 5) is 32.3. The monoisotopic (exact) mass is 565 g/mol. The molecule has 3 aromatic heterocycles. The van der Waals surface area contributed by atoms with Gasteiger partial charge >= 0.3 is 0 Å². The van der Waals surface area contributed by atoms with Crippen molar-refractivity contribution in [2.45, 2.75) is 45.1 Å². The van der Waals surface area contributed by atoms with Crippen LogP contribution in [0.3, 0.4) is 0 Å². The summed E-state index contributed by atoms with van der Waals surface area (Å²) in [5.74, 6) is 1.03. The van der Waals surface area contributed by atoms with E-state index in [-0.39, 0.29) is 23.1 Å². The van der Waals surface area contributed by atoms with E-state index in [0.717, 1.165) is 29.6 Å². The highest BCUT2D eigenvalue weighted by atomic mass is 19.1. The topological polar surface area (TPSA) is 98.1 Å². The zero-order chi connectivity index (χ0) is 29.6. The largest absolute Gasteiger partial charge is 0.457 e. The van der Waals surface area contributed by atoms with E-state index in [4.69, 9.17) is 9.72 Å². The molecule has 0 aliphatic carbocycles. The number of fused-ring (bicyclic) bond motifs is 2. The second-order valence-corrected chi connectivity index (χ2v) is 11.3. The van der Waals surface area contributed by atoms with Crippen LogP contribution in [0, 0.1) is 12.7 Å². The summed E-state index contributed by atoms with van der Waals surface area (Å²) < 4.78 is 23.6. The van der Waals surface area contributed by atoms with Gasteiger partial charge in [-0.3, -0.25) is 4.79 Å². The third-order valence-corrected chi connectivity index (χ3v) is 8.05. The second-order valence-electron chi connectivity index (χ2n) is 11.3. The highest BCUT2D eigenvalue weighted by Gasteiger charge is 2.37. The Balaban J connectivity index is 1.26. The molecule has 1 aliphatic rings. The fourth-order valence-corrected chi connectivity index (χ4v) is 5.76. The summed E-state index contributed by atoms with van der Waals surface area (Å²) in [5, 5.41) is 3.13. The van der Waals surface area contributed by atoms with Crippen LogP contribution < -0.4 is 10.1 Å². The van der Waals surface area contributed by atoms with Gasteiger partial charge in [0.05, 0.1) is 28.6 Å². The molecule has 214 valence electrons. The lowest BCUT2D eigenvalue weighted by atomic mass is 9.80. The zero-order valence-corrected chi connectivity index (χ0v) is 24.1. The molecule has 0 saturated carbocycles. The van der Waals surface area contributed by atoms with Crippen LogP contribution in [0.1, 0.15) is 43.9 Å². The normalized spacial score (nSPS) is 16.5. The van der Waals surface area contributed by atoms with Crippen LogP contribution in [0.5, 0.6) is 11.5 Å². The second kappa shape index (κ2) is 10.5. The quantitative estimate of drug-likeness (QED) is 0.233. The number of hydrogen-bond acceptors (Lipinski definition) is 7. The van der Waals surface area contributed by atoms with Gasteiger partial charge in [-0.05, 0) is 76.1 Å². The summed E-state index contributed by atoms with van der Waals surface area (Å²) in [6.45, 7) is 10.1. The first kappa shape index (κ1) is 27.3. The number of pyridine rings is 1. The maximum Gasteiger partial charge on any atom is 0.246 e. The fraction of sp³-hybridized carbons (Fsp3) is 0.281. The molecule has 1 amide bonds. The molecule has 5 aromatic rings. The Morgan fingerprint density at radius 2 is 1.98 bits per heavy atom. The highest BCUT2D eigenvalue weighted by Crippen LogP contribution is 2.38. The molecule has 9 nitrogen and oxygen atoms in total. The molecule has 1 atom stereocenters. The molecule has 1 fully saturated rings. The first-order chi connectivity index (χ1) is 20.1. The van der Waals surface area contributed by atoms with Crippen LogP contribution in [0.2, 0.25) is 0 Å². The Morgan fingerprint density at radius 3 is 2.76 bits per heavy atom. The number of rotatable bonds is 6. The summed E-state index contributed by atoms with van der Waals surface area (Å²) in [6.07, 6.45) is 6.07. The van der Waals surface area contributed by atoms with Gasteiger partial charge in [-0.1, -0.05) is 6.58 Å². The Bertz CT molecular complexity index is 1850. The third-order valence-electron chi connectivity index (χ3n) is 8.05. The number of imidazole rings is 1. The van der Waals surface area contributed by atoms with Crippen molar-refractivity contribution in [2.75, 3.05) is 11.9 Å². The molecule has 1 unspecified atom stereocenters. The molecule has 6 rings (SSSR count). The Hall–Kier alpha value is -4.86. The van der Waals surface area contributed by atoms with E-state index in [1.165, 1.54) is 12.4 Å². The lowest BCUT2D eigenvalue weighted by Gasteiger charge is -2.45. The van der Waals surface area contributed by atoms with E-state index in [2.05, 4.69) is 40.7 Å². The number of anilines is 2. The van der Waals surface area contributed by atoms with Gasteiger partial charge < -0.3 is 19.5 Å². The molecule has 1 saturated heterocycles. The number of halogens is 1. The fourth-order valence-electron chi connectivity index (χ4n) is 5.76. The van der Waals surface area contributed by atoms with E-state index < -0.39 is 5.82 Å². The van der Waals surface area contributed by atoms with Crippen LogP contribution in [-0.2, 0) is 11.8 Å². The van der Waals surface area contributed by atoms with Gasteiger partial charge in [0.2, 0.25) is 5.91 Å². The average molecular weight is 566 g/mol. The number of nitrogens with one attached hydrogen (secondary N) is 1. The smallest absolute Gasteiger partial charge is 0.246 e. The molecule has 2 aromatic carbocycles. The van der Waals surface area contributed by atoms with Gasteiger partial charge in [-0.2, -0.15) is 0 Å². The van der Waals surface area contributed by atoms with Crippen molar-refractivity contribution in [1.29, 1.82) is 0 Å². The average Bonchev–Trinajstić information content (AvgIpc) is 3.35. The minimum Gasteiger partial charge on any atom is -0.457 e. The molecule has 1 N–H and O–H groups in total. The van der Waals surface area contributed by atoms with Gasteiger partial charge in [0, 0.05) is 42.4 Å². The third kappa shape index (κ3) is 4.93. The number of carbonyl (C=O) groups is 1. The number of nitrogens with zero attached hydrogens (tertiary/aromatic N) is 6. The molecule has 42 heavy (non-hydrogen) atoms. The Kier molecular flexibility index (Phi) is 6.84. The van der Waals surface area contributed by atoms with Gasteiger partial charge in [0.25, 0.3) is 0 Å². The number of aromatic nitrogens is 5.